The first kappa shape index (κ1) is 19.9. The number of thioether (sulfide) groups is 1. The van der Waals surface area contributed by atoms with Gasteiger partial charge in [-0.3, -0.25) is 4.79 Å². The number of carbonyl (C=O) groups is 1. The predicted molar refractivity (Wildman–Crippen MR) is 119 cm³/mol. The zero-order chi connectivity index (χ0) is 19.2. The van der Waals surface area contributed by atoms with E-state index >= 15 is 0 Å². The fraction of sp³-hybridized carbons (Fsp3) is 0.0455. The number of carbonyl (C=O) groups excluding carboxylic acids is 1. The topological polar surface area (TPSA) is 26.3 Å². The second-order valence-electron chi connectivity index (χ2n) is 5.67. The molecule has 0 heterocycles. The highest BCUT2D eigenvalue weighted by molar-refractivity contribution is 9.10. The fourth-order valence-corrected chi connectivity index (χ4v) is 3.83. The minimum atomic E-state index is -0.00811. The Bertz CT molecular complexity index is 947. The summed E-state index contributed by atoms with van der Waals surface area (Å²) >= 11 is 8.30. The summed E-state index contributed by atoms with van der Waals surface area (Å²) in [5, 5.41) is 0. The van der Waals surface area contributed by atoms with Crippen LogP contribution in [0.3, 0.4) is 0 Å². The Kier molecular flexibility index (Phi) is 6.94. The van der Waals surface area contributed by atoms with Crippen LogP contribution in [0.15, 0.2) is 91.5 Å². The monoisotopic (exact) mass is 502 g/mol. The SMILES string of the molecule is COc1ccc(S/C(=C/c2ccc(Br)cc2)C(=O)c2ccc(Br)cc2)cc1. The maximum atomic E-state index is 13.1. The van der Waals surface area contributed by atoms with E-state index in [1.807, 2.05) is 78.9 Å². The van der Waals surface area contributed by atoms with Crippen molar-refractivity contribution in [3.63, 3.8) is 0 Å². The van der Waals surface area contributed by atoms with Crippen molar-refractivity contribution in [1.82, 2.24) is 0 Å². The van der Waals surface area contributed by atoms with Crippen LogP contribution in [-0.4, -0.2) is 12.9 Å². The van der Waals surface area contributed by atoms with Crippen molar-refractivity contribution in [1.29, 1.82) is 0 Å². The number of methoxy groups -OCH3 is 1. The van der Waals surface area contributed by atoms with E-state index in [-0.39, 0.29) is 5.78 Å². The molecule has 0 bridgehead atoms. The lowest BCUT2D eigenvalue weighted by Gasteiger charge is -2.09. The Morgan fingerprint density at radius 1 is 0.852 bits per heavy atom. The van der Waals surface area contributed by atoms with E-state index in [9.17, 15) is 4.79 Å². The second kappa shape index (κ2) is 9.40. The minimum absolute atomic E-state index is 0.00811. The van der Waals surface area contributed by atoms with Gasteiger partial charge in [0.25, 0.3) is 0 Å². The molecule has 0 saturated heterocycles. The summed E-state index contributed by atoms with van der Waals surface area (Å²) in [7, 11) is 1.64. The van der Waals surface area contributed by atoms with Crippen molar-refractivity contribution in [2.45, 2.75) is 4.90 Å². The highest BCUT2D eigenvalue weighted by atomic mass is 79.9. The molecule has 0 aliphatic rings. The van der Waals surface area contributed by atoms with Crippen molar-refractivity contribution < 1.29 is 9.53 Å². The Morgan fingerprint density at radius 2 is 1.41 bits per heavy atom. The highest BCUT2D eigenvalue weighted by Crippen LogP contribution is 2.32. The summed E-state index contributed by atoms with van der Waals surface area (Å²) in [6.45, 7) is 0. The molecule has 0 N–H and O–H groups in total. The summed E-state index contributed by atoms with van der Waals surface area (Å²) in [6, 6.07) is 23.0. The lowest BCUT2D eigenvalue weighted by atomic mass is 10.1. The lowest BCUT2D eigenvalue weighted by Crippen LogP contribution is -2.01. The van der Waals surface area contributed by atoms with Gasteiger partial charge >= 0.3 is 0 Å². The smallest absolute Gasteiger partial charge is 0.199 e. The summed E-state index contributed by atoms with van der Waals surface area (Å²) in [5.74, 6) is 0.781. The fourth-order valence-electron chi connectivity index (χ4n) is 2.37. The third-order valence-electron chi connectivity index (χ3n) is 3.79. The number of benzene rings is 3. The molecular weight excluding hydrogens is 488 g/mol. The molecule has 5 heteroatoms. The largest absolute Gasteiger partial charge is 0.497 e. The molecule has 136 valence electrons. The average Bonchev–Trinajstić information content (AvgIpc) is 2.70. The van der Waals surface area contributed by atoms with Crippen LogP contribution >= 0.6 is 43.6 Å². The molecule has 0 spiro atoms. The van der Waals surface area contributed by atoms with Gasteiger partial charge in [0.2, 0.25) is 0 Å². The third-order valence-corrected chi connectivity index (χ3v) is 5.87. The van der Waals surface area contributed by atoms with E-state index in [1.165, 1.54) is 11.8 Å². The number of ether oxygens (including phenoxy) is 1. The van der Waals surface area contributed by atoms with Crippen molar-refractivity contribution in [3.05, 3.63) is 97.8 Å². The number of halogens is 2. The molecule has 3 aromatic carbocycles. The van der Waals surface area contributed by atoms with Crippen LogP contribution < -0.4 is 4.74 Å². The van der Waals surface area contributed by atoms with Crippen LogP contribution in [-0.2, 0) is 0 Å². The van der Waals surface area contributed by atoms with Crippen LogP contribution in [0.5, 0.6) is 5.75 Å². The molecule has 0 atom stereocenters. The van der Waals surface area contributed by atoms with Crippen molar-refractivity contribution in [2.24, 2.45) is 0 Å². The Morgan fingerprint density at radius 3 is 1.96 bits per heavy atom. The summed E-state index contributed by atoms with van der Waals surface area (Å²) < 4.78 is 7.16. The molecule has 0 unspecified atom stereocenters. The lowest BCUT2D eigenvalue weighted by molar-refractivity contribution is 0.104. The van der Waals surface area contributed by atoms with E-state index in [1.54, 1.807) is 7.11 Å². The summed E-state index contributed by atoms with van der Waals surface area (Å²) in [5.41, 5.74) is 1.63. The molecule has 3 aromatic rings. The van der Waals surface area contributed by atoms with Gasteiger partial charge in [-0.1, -0.05) is 55.8 Å². The first-order chi connectivity index (χ1) is 13.0. The van der Waals surface area contributed by atoms with Gasteiger partial charge in [-0.2, -0.15) is 0 Å². The van der Waals surface area contributed by atoms with E-state index in [2.05, 4.69) is 31.9 Å². The molecule has 27 heavy (non-hydrogen) atoms. The average molecular weight is 504 g/mol. The second-order valence-corrected chi connectivity index (χ2v) is 8.62. The van der Waals surface area contributed by atoms with Gasteiger partial charge in [-0.25, -0.2) is 0 Å². The number of hydrogen-bond acceptors (Lipinski definition) is 3. The first-order valence-electron chi connectivity index (χ1n) is 8.14. The van der Waals surface area contributed by atoms with Gasteiger partial charge in [0, 0.05) is 19.4 Å². The standard InChI is InChI=1S/C22H16Br2O2S/c1-26-19-10-12-20(13-11-19)27-21(14-15-2-6-17(23)7-3-15)22(25)16-4-8-18(24)9-5-16/h2-14H,1H3/b21-14+. The van der Waals surface area contributed by atoms with Crippen molar-refractivity contribution >= 4 is 55.5 Å². The highest BCUT2D eigenvalue weighted by Gasteiger charge is 2.14. The number of hydrogen-bond donors (Lipinski definition) is 0. The molecule has 0 radical (unpaired) electrons. The zero-order valence-electron chi connectivity index (χ0n) is 14.5. The minimum Gasteiger partial charge on any atom is -0.497 e. The summed E-state index contributed by atoms with van der Waals surface area (Å²) in [4.78, 5) is 14.8. The van der Waals surface area contributed by atoms with Gasteiger partial charge < -0.3 is 4.74 Å². The predicted octanol–water partition coefficient (Wildman–Crippen LogP) is 7.24. The quantitative estimate of drug-likeness (QED) is 0.201. The molecular formula is C22H16Br2O2S. The van der Waals surface area contributed by atoms with Crippen LogP contribution in [0, 0.1) is 0 Å². The number of rotatable bonds is 6. The zero-order valence-corrected chi connectivity index (χ0v) is 18.5. The maximum absolute atomic E-state index is 13.1. The molecule has 0 aliphatic carbocycles. The number of allylic oxidation sites excluding steroid dienone is 1. The van der Waals surface area contributed by atoms with Crippen LogP contribution in [0.2, 0.25) is 0 Å². The van der Waals surface area contributed by atoms with Crippen molar-refractivity contribution in [3.8, 4) is 5.75 Å². The number of ketones is 1. The Balaban J connectivity index is 1.95. The van der Waals surface area contributed by atoms with Gasteiger partial charge in [0.15, 0.2) is 5.78 Å². The molecule has 0 aromatic heterocycles. The molecule has 3 rings (SSSR count). The molecule has 0 saturated carbocycles. The van der Waals surface area contributed by atoms with E-state index in [4.69, 9.17) is 4.74 Å². The van der Waals surface area contributed by atoms with E-state index < -0.39 is 0 Å². The Labute approximate surface area is 179 Å². The Hall–Kier alpha value is -1.82. The molecule has 0 amide bonds. The van der Waals surface area contributed by atoms with Crippen LogP contribution in [0.4, 0.5) is 0 Å². The molecule has 0 fully saturated rings. The number of Topliss-reactive ketones (excluding diaryl/α,β-unsaturated/α-hetero) is 1. The van der Waals surface area contributed by atoms with E-state index in [0.29, 0.717) is 10.5 Å². The maximum Gasteiger partial charge on any atom is 0.199 e. The first-order valence-corrected chi connectivity index (χ1v) is 10.5. The van der Waals surface area contributed by atoms with Crippen LogP contribution in [0.1, 0.15) is 15.9 Å². The van der Waals surface area contributed by atoms with Crippen molar-refractivity contribution in [2.75, 3.05) is 7.11 Å². The molecule has 0 aliphatic heterocycles. The van der Waals surface area contributed by atoms with E-state index in [0.717, 1.165) is 25.2 Å². The van der Waals surface area contributed by atoms with Gasteiger partial charge in [0.1, 0.15) is 5.75 Å². The normalized spacial score (nSPS) is 11.3. The van der Waals surface area contributed by atoms with Gasteiger partial charge in [-0.05, 0) is 72.3 Å². The molecule has 2 nitrogen and oxygen atoms in total. The van der Waals surface area contributed by atoms with Gasteiger partial charge in [-0.15, -0.1) is 0 Å². The third kappa shape index (κ3) is 5.58. The summed E-state index contributed by atoms with van der Waals surface area (Å²) in [6.07, 6.45) is 1.92. The van der Waals surface area contributed by atoms with Gasteiger partial charge in [0.05, 0.1) is 12.0 Å². The van der Waals surface area contributed by atoms with Crippen LogP contribution in [0.25, 0.3) is 6.08 Å².